The molecule has 2 aromatic rings. The molecule has 346 valence electrons. The number of carbonyl (C=O) groups excluding carboxylic acids is 8. The zero-order valence-corrected chi connectivity index (χ0v) is 36.8. The summed E-state index contributed by atoms with van der Waals surface area (Å²) in [6, 6.07) is 5.03. The molecule has 21 heteroatoms. The van der Waals surface area contributed by atoms with Crippen molar-refractivity contribution in [3.05, 3.63) is 63.8 Å². The van der Waals surface area contributed by atoms with E-state index in [-0.39, 0.29) is 16.8 Å². The lowest BCUT2D eigenvalue weighted by Crippen LogP contribution is -2.89. The van der Waals surface area contributed by atoms with E-state index in [0.717, 1.165) is 64.4 Å². The SMILES string of the molecule is CC(=O)OC[C@]12[C@H](OC(C)=O)[C@@H](OC(C)=O)[C@@H]3[C@@H](OC(C)=O)[C@@]14O[C@@]3(C)COC(=O)c1cccnc1[C@@H](C)[C@H](C)C(=O)O[C@@H]([C@H](OC(=O)c1ccc(=O)n(C)c1)[C@@H]2OC(C)=O)[C@]4(C)O. The van der Waals surface area contributed by atoms with E-state index in [1.165, 1.54) is 39.2 Å². The molecule has 1 spiro atoms. The van der Waals surface area contributed by atoms with Crippen LogP contribution in [0.1, 0.15) is 94.6 Å². The van der Waals surface area contributed by atoms with Gasteiger partial charge in [-0.05, 0) is 32.0 Å². The summed E-state index contributed by atoms with van der Waals surface area (Å²) < 4.78 is 56.3. The predicted octanol–water partition coefficient (Wildman–Crippen LogP) is 1.03. The number of aryl methyl sites for hydroxylation is 1. The molecule has 64 heavy (non-hydrogen) atoms. The first kappa shape index (κ1) is 47.3. The molecule has 13 atom stereocenters. The number of ether oxygens (including phenoxy) is 9. The summed E-state index contributed by atoms with van der Waals surface area (Å²) in [5.74, 6) is -12.3. The first-order chi connectivity index (χ1) is 29.8. The molecule has 2 aliphatic carbocycles. The van der Waals surface area contributed by atoms with Crippen molar-refractivity contribution in [2.75, 3.05) is 13.2 Å². The van der Waals surface area contributed by atoms with Crippen LogP contribution in [-0.4, -0.2) is 129 Å². The Kier molecular flexibility index (Phi) is 12.6. The van der Waals surface area contributed by atoms with E-state index in [2.05, 4.69) is 4.98 Å². The first-order valence-electron chi connectivity index (χ1n) is 20.3. The van der Waals surface area contributed by atoms with Gasteiger partial charge in [0, 0.05) is 66.0 Å². The van der Waals surface area contributed by atoms with E-state index in [4.69, 9.17) is 42.6 Å². The molecule has 1 saturated heterocycles. The summed E-state index contributed by atoms with van der Waals surface area (Å²) in [7, 11) is 1.34. The molecule has 1 N–H and O–H groups in total. The molecule has 0 amide bonds. The first-order valence-corrected chi connectivity index (χ1v) is 20.3. The van der Waals surface area contributed by atoms with E-state index < -0.39 is 143 Å². The fourth-order valence-corrected chi connectivity index (χ4v) is 9.96. The molecule has 0 radical (unpaired) electrons. The standard InChI is InChI=1S/C43H50N2O19/c1-19-20(2)37(52)63-34-32(62-38(53)26-13-14-28(51)45(10)16-26)36(61-25(7)50)42(18-56-21(3)46)35(60-24(6)49)31(58-22(4)47)29-33(59-23(5)48)43(42,41(34,9)55)64-40(29,8)17-57-39(54)27-12-11-15-44-30(19)27/h11-16,19-20,29,31-36,55H,17-18H2,1-10H3/t19-,20-,29+,31-,32-,33+,34-,35+,36-,40-,41-,42+,43-/m0/s1. The van der Waals surface area contributed by atoms with E-state index in [0.29, 0.717) is 0 Å². The molecular formula is C43H50N2O19. The minimum Gasteiger partial charge on any atom is -0.465 e. The van der Waals surface area contributed by atoms with Crippen LogP contribution in [0.25, 0.3) is 0 Å². The lowest BCUT2D eigenvalue weighted by molar-refractivity contribution is -0.386. The third-order valence-electron chi connectivity index (χ3n) is 12.7. The highest BCUT2D eigenvalue weighted by atomic mass is 16.7. The maximum atomic E-state index is 14.7. The van der Waals surface area contributed by atoms with Crippen molar-refractivity contribution >= 4 is 47.8 Å². The van der Waals surface area contributed by atoms with Crippen LogP contribution in [0.3, 0.4) is 0 Å². The number of esters is 8. The van der Waals surface area contributed by atoms with Crippen molar-refractivity contribution < 1.29 is 86.1 Å². The lowest BCUT2D eigenvalue weighted by Gasteiger charge is -2.67. The van der Waals surface area contributed by atoms with Crippen molar-refractivity contribution in [1.29, 1.82) is 0 Å². The van der Waals surface area contributed by atoms with Crippen LogP contribution in [0.4, 0.5) is 0 Å². The Labute approximate surface area is 365 Å². The van der Waals surface area contributed by atoms with Crippen molar-refractivity contribution in [2.24, 2.45) is 24.3 Å². The average Bonchev–Trinajstić information content (AvgIpc) is 3.42. The highest BCUT2D eigenvalue weighted by Crippen LogP contribution is 2.70. The number of aliphatic hydroxyl groups is 1. The Morgan fingerprint density at radius 1 is 0.797 bits per heavy atom. The van der Waals surface area contributed by atoms with Crippen molar-refractivity contribution in [1.82, 2.24) is 9.55 Å². The van der Waals surface area contributed by atoms with Gasteiger partial charge in [-0.15, -0.1) is 0 Å². The molecule has 2 aromatic heterocycles. The summed E-state index contributed by atoms with van der Waals surface area (Å²) >= 11 is 0. The molecule has 0 unspecified atom stereocenters. The fourth-order valence-electron chi connectivity index (χ4n) is 9.96. The minimum atomic E-state index is -2.93. The molecule has 0 aromatic carbocycles. The van der Waals surface area contributed by atoms with Crippen LogP contribution < -0.4 is 5.56 Å². The number of rotatable bonds is 8. The smallest absolute Gasteiger partial charge is 0.340 e. The molecule has 2 aliphatic heterocycles. The van der Waals surface area contributed by atoms with Crippen molar-refractivity contribution in [3.63, 3.8) is 0 Å². The number of hydrogen-bond acceptors (Lipinski definition) is 20. The normalized spacial score (nSPS) is 35.3. The molecular weight excluding hydrogens is 848 g/mol. The monoisotopic (exact) mass is 898 g/mol. The molecule has 21 nitrogen and oxygen atoms in total. The number of carbonyl (C=O) groups is 8. The second-order valence-corrected chi connectivity index (χ2v) is 17.0. The van der Waals surface area contributed by atoms with Gasteiger partial charge in [-0.2, -0.15) is 0 Å². The third-order valence-corrected chi connectivity index (χ3v) is 12.7. The number of nitrogens with zero attached hydrogens (tertiary/aromatic N) is 2. The van der Waals surface area contributed by atoms with Crippen LogP contribution in [0.5, 0.6) is 0 Å². The molecule has 4 heterocycles. The Hall–Kier alpha value is -6.22. The zero-order valence-electron chi connectivity index (χ0n) is 36.8. The van der Waals surface area contributed by atoms with Gasteiger partial charge in [0.05, 0.1) is 28.7 Å². The lowest BCUT2D eigenvalue weighted by atomic mass is 9.45. The highest BCUT2D eigenvalue weighted by Gasteiger charge is 2.92. The van der Waals surface area contributed by atoms with Gasteiger partial charge in [-0.3, -0.25) is 38.5 Å². The largest absolute Gasteiger partial charge is 0.465 e. The number of cyclic esters (lactones) is 1. The molecule has 3 fully saturated rings. The maximum Gasteiger partial charge on any atom is 0.340 e. The average molecular weight is 899 g/mol. The van der Waals surface area contributed by atoms with Gasteiger partial charge in [0.25, 0.3) is 0 Å². The second-order valence-electron chi connectivity index (χ2n) is 17.0. The Balaban J connectivity index is 1.80. The van der Waals surface area contributed by atoms with Gasteiger partial charge >= 0.3 is 47.8 Å². The van der Waals surface area contributed by atoms with Crippen LogP contribution in [-0.2, 0) is 78.4 Å². The van der Waals surface area contributed by atoms with Crippen LogP contribution in [0, 0.1) is 17.3 Å². The molecule has 6 rings (SSSR count). The van der Waals surface area contributed by atoms with Gasteiger partial charge in [0.1, 0.15) is 42.0 Å². The highest BCUT2D eigenvalue weighted by molar-refractivity contribution is 5.91. The summed E-state index contributed by atoms with van der Waals surface area (Å²) in [5, 5.41) is 13.7. The second kappa shape index (κ2) is 17.1. The van der Waals surface area contributed by atoms with Gasteiger partial charge < -0.3 is 52.3 Å². The third kappa shape index (κ3) is 7.66. The Morgan fingerprint density at radius 3 is 1.97 bits per heavy atom. The van der Waals surface area contributed by atoms with Crippen molar-refractivity contribution in [3.8, 4) is 0 Å². The van der Waals surface area contributed by atoms with Crippen LogP contribution >= 0.6 is 0 Å². The number of pyridine rings is 2. The predicted molar refractivity (Wildman–Crippen MR) is 210 cm³/mol. The van der Waals surface area contributed by atoms with Gasteiger partial charge in [-0.25, -0.2) is 9.59 Å². The van der Waals surface area contributed by atoms with Gasteiger partial charge in [0.2, 0.25) is 5.56 Å². The number of hydrogen-bond donors (Lipinski definition) is 1. The Morgan fingerprint density at radius 2 is 1.39 bits per heavy atom. The minimum absolute atomic E-state index is 0.0734. The quantitative estimate of drug-likeness (QED) is 0.286. The maximum absolute atomic E-state index is 14.7. The molecule has 2 saturated carbocycles. The zero-order chi connectivity index (χ0) is 47.4. The number of aromatic nitrogens is 2. The summed E-state index contributed by atoms with van der Waals surface area (Å²) in [4.78, 5) is 127. The van der Waals surface area contributed by atoms with E-state index >= 15 is 0 Å². The van der Waals surface area contributed by atoms with Gasteiger partial charge in [0.15, 0.2) is 30.0 Å². The Bertz CT molecular complexity index is 2340. The fraction of sp³-hybridized carbons (Fsp3) is 0.581. The topological polar surface area (TPSA) is 275 Å². The van der Waals surface area contributed by atoms with Gasteiger partial charge in [-0.1, -0.05) is 13.8 Å². The summed E-state index contributed by atoms with van der Waals surface area (Å²) in [6.07, 6.45) is -10.1. The van der Waals surface area contributed by atoms with Crippen LogP contribution in [0.15, 0.2) is 41.5 Å². The van der Waals surface area contributed by atoms with E-state index in [9.17, 15) is 48.3 Å². The van der Waals surface area contributed by atoms with Crippen LogP contribution in [0.2, 0.25) is 0 Å². The van der Waals surface area contributed by atoms with E-state index in [1.807, 2.05) is 0 Å². The number of fused-ring (bicyclic) bond motifs is 5. The van der Waals surface area contributed by atoms with E-state index in [1.54, 1.807) is 6.92 Å². The molecule has 4 aliphatic rings. The van der Waals surface area contributed by atoms with Crippen molar-refractivity contribution in [2.45, 2.75) is 122 Å². The summed E-state index contributed by atoms with van der Waals surface area (Å²) in [6.45, 7) is 8.38. The summed E-state index contributed by atoms with van der Waals surface area (Å²) in [5.41, 5.74) is -11.3. The molecule has 4 bridgehead atoms.